The van der Waals surface area contributed by atoms with E-state index in [2.05, 4.69) is 23.7 Å². The molecule has 2 amide bonds. The molecule has 1 aromatic heterocycles. The van der Waals surface area contributed by atoms with Gasteiger partial charge in [-0.15, -0.1) is 0 Å². The minimum atomic E-state index is -3.68. The summed E-state index contributed by atoms with van der Waals surface area (Å²) in [4.78, 5) is 31.4. The van der Waals surface area contributed by atoms with E-state index in [9.17, 15) is 23.1 Å². The minimum absolute atomic E-state index is 0.157. The SMILES string of the molecule is CCCCN(CCCC)C(=O)c1cc(C)n(-c2ccc(NS(=O)(=O)C(C)C)cc2C(=O)N2Cc3ccccc3CC2CO)n1. The van der Waals surface area contributed by atoms with Gasteiger partial charge in [-0.2, -0.15) is 5.10 Å². The second-order valence-corrected chi connectivity index (χ2v) is 14.0. The average molecular weight is 624 g/mol. The molecular formula is C33H45N5O5S. The Morgan fingerprint density at radius 3 is 2.32 bits per heavy atom. The molecule has 0 bridgehead atoms. The maximum absolute atomic E-state index is 14.3. The summed E-state index contributed by atoms with van der Waals surface area (Å²) in [5.41, 5.74) is 3.90. The number of hydrogen-bond donors (Lipinski definition) is 2. The van der Waals surface area contributed by atoms with Crippen LogP contribution in [0.15, 0.2) is 48.5 Å². The summed E-state index contributed by atoms with van der Waals surface area (Å²) >= 11 is 0. The fourth-order valence-corrected chi connectivity index (χ4v) is 6.07. The second kappa shape index (κ2) is 14.4. The molecule has 3 aromatic rings. The third-order valence-corrected chi connectivity index (χ3v) is 9.88. The van der Waals surface area contributed by atoms with Crippen molar-refractivity contribution in [2.45, 2.75) is 84.6 Å². The van der Waals surface area contributed by atoms with Crippen molar-refractivity contribution in [2.24, 2.45) is 0 Å². The van der Waals surface area contributed by atoms with E-state index in [0.717, 1.165) is 36.8 Å². The van der Waals surface area contributed by atoms with E-state index in [1.54, 1.807) is 41.6 Å². The number of carbonyl (C=O) groups excluding carboxylic acids is 2. The number of benzene rings is 2. The lowest BCUT2D eigenvalue weighted by molar-refractivity contribution is 0.0544. The van der Waals surface area contributed by atoms with Gasteiger partial charge in [-0.25, -0.2) is 13.1 Å². The smallest absolute Gasteiger partial charge is 0.274 e. The average Bonchev–Trinajstić information content (AvgIpc) is 3.40. The van der Waals surface area contributed by atoms with E-state index in [0.29, 0.717) is 37.4 Å². The van der Waals surface area contributed by atoms with Crippen molar-refractivity contribution >= 4 is 27.5 Å². The Bertz CT molecular complexity index is 1570. The van der Waals surface area contributed by atoms with Gasteiger partial charge in [-0.1, -0.05) is 51.0 Å². The minimum Gasteiger partial charge on any atom is -0.394 e. The first kappa shape index (κ1) is 33.2. The van der Waals surface area contributed by atoms with Crippen molar-refractivity contribution in [2.75, 3.05) is 24.4 Å². The molecular weight excluding hydrogens is 578 g/mol. The molecule has 1 atom stereocenters. The maximum Gasteiger partial charge on any atom is 0.274 e. The number of aryl methyl sites for hydroxylation is 1. The first-order valence-corrected chi connectivity index (χ1v) is 17.1. The number of nitrogens with one attached hydrogen (secondary N) is 1. The monoisotopic (exact) mass is 623 g/mol. The Balaban J connectivity index is 1.78. The van der Waals surface area contributed by atoms with Crippen molar-refractivity contribution in [3.05, 3.63) is 76.6 Å². The van der Waals surface area contributed by atoms with Gasteiger partial charge in [-0.3, -0.25) is 14.3 Å². The van der Waals surface area contributed by atoms with Crippen LogP contribution in [0.1, 0.15) is 91.0 Å². The van der Waals surface area contributed by atoms with E-state index >= 15 is 0 Å². The highest BCUT2D eigenvalue weighted by molar-refractivity contribution is 7.93. The summed E-state index contributed by atoms with van der Waals surface area (Å²) in [6, 6.07) is 13.9. The lowest BCUT2D eigenvalue weighted by Gasteiger charge is -2.36. The summed E-state index contributed by atoms with van der Waals surface area (Å²) in [6.45, 7) is 10.5. The van der Waals surface area contributed by atoms with Gasteiger partial charge >= 0.3 is 0 Å². The van der Waals surface area contributed by atoms with Crippen LogP contribution >= 0.6 is 0 Å². The predicted octanol–water partition coefficient (Wildman–Crippen LogP) is 4.93. The fourth-order valence-electron chi connectivity index (χ4n) is 5.38. The maximum atomic E-state index is 14.3. The van der Waals surface area contributed by atoms with Crippen LogP contribution < -0.4 is 4.72 Å². The van der Waals surface area contributed by atoms with Crippen LogP contribution in [0.5, 0.6) is 0 Å². The molecule has 0 saturated carbocycles. The Morgan fingerprint density at radius 1 is 1.05 bits per heavy atom. The van der Waals surface area contributed by atoms with Crippen LogP contribution in [0.2, 0.25) is 0 Å². The molecule has 0 radical (unpaired) electrons. The number of aliphatic hydroxyl groups excluding tert-OH is 1. The van der Waals surface area contributed by atoms with E-state index < -0.39 is 21.3 Å². The zero-order valence-corrected chi connectivity index (χ0v) is 27.2. The zero-order valence-electron chi connectivity index (χ0n) is 26.4. The number of unbranched alkanes of at least 4 members (excludes halogenated alkanes) is 2. The number of nitrogens with zero attached hydrogens (tertiary/aromatic N) is 4. The number of amides is 2. The second-order valence-electron chi connectivity index (χ2n) is 11.8. The number of sulfonamides is 1. The van der Waals surface area contributed by atoms with Crippen LogP contribution in [0.4, 0.5) is 5.69 Å². The molecule has 44 heavy (non-hydrogen) atoms. The number of rotatable bonds is 13. The van der Waals surface area contributed by atoms with Crippen LogP contribution in [-0.2, 0) is 23.0 Å². The molecule has 0 saturated heterocycles. The summed E-state index contributed by atoms with van der Waals surface area (Å²) in [5, 5.41) is 14.3. The highest BCUT2D eigenvalue weighted by Crippen LogP contribution is 2.29. The first-order valence-electron chi connectivity index (χ1n) is 15.5. The van der Waals surface area contributed by atoms with Crippen molar-refractivity contribution in [3.8, 4) is 5.69 Å². The molecule has 238 valence electrons. The molecule has 4 rings (SSSR count). The van der Waals surface area contributed by atoms with Crippen LogP contribution in [0, 0.1) is 6.92 Å². The summed E-state index contributed by atoms with van der Waals surface area (Å²) in [7, 11) is -3.68. The molecule has 0 fully saturated rings. The van der Waals surface area contributed by atoms with Gasteiger partial charge in [0.2, 0.25) is 10.0 Å². The lowest BCUT2D eigenvalue weighted by atomic mass is 9.93. The van der Waals surface area contributed by atoms with Crippen LogP contribution in [0.25, 0.3) is 5.69 Å². The Morgan fingerprint density at radius 2 is 1.70 bits per heavy atom. The molecule has 1 unspecified atom stereocenters. The summed E-state index contributed by atoms with van der Waals surface area (Å²) < 4.78 is 29.6. The number of carbonyl (C=O) groups is 2. The molecule has 1 aliphatic heterocycles. The summed E-state index contributed by atoms with van der Waals surface area (Å²) in [6.07, 6.45) is 4.23. The van der Waals surface area contributed by atoms with Crippen LogP contribution in [-0.4, -0.2) is 75.9 Å². The van der Waals surface area contributed by atoms with Gasteiger partial charge in [0.05, 0.1) is 29.1 Å². The Hall–Kier alpha value is -3.70. The zero-order chi connectivity index (χ0) is 32.0. The van der Waals surface area contributed by atoms with E-state index in [4.69, 9.17) is 0 Å². The van der Waals surface area contributed by atoms with Gasteiger partial charge in [0, 0.05) is 31.0 Å². The van der Waals surface area contributed by atoms with Crippen LogP contribution in [0.3, 0.4) is 0 Å². The molecule has 0 aliphatic carbocycles. The summed E-state index contributed by atoms with van der Waals surface area (Å²) in [5.74, 6) is -0.523. The quantitative estimate of drug-likeness (QED) is 0.278. The fraction of sp³-hybridized carbons (Fsp3) is 0.485. The molecule has 1 aliphatic rings. The molecule has 0 spiro atoms. The van der Waals surface area contributed by atoms with Gasteiger partial charge in [0.25, 0.3) is 11.8 Å². The van der Waals surface area contributed by atoms with Crippen molar-refractivity contribution in [1.29, 1.82) is 0 Å². The van der Waals surface area contributed by atoms with Gasteiger partial charge in [0.1, 0.15) is 0 Å². The van der Waals surface area contributed by atoms with Gasteiger partial charge in [-0.05, 0) is 75.4 Å². The Labute approximate surface area is 261 Å². The van der Waals surface area contributed by atoms with Crippen molar-refractivity contribution in [3.63, 3.8) is 0 Å². The number of fused-ring (bicyclic) bond motifs is 1. The predicted molar refractivity (Wildman–Crippen MR) is 173 cm³/mol. The molecule has 10 nitrogen and oxygen atoms in total. The van der Waals surface area contributed by atoms with E-state index in [1.165, 1.54) is 6.07 Å². The van der Waals surface area contributed by atoms with Gasteiger partial charge < -0.3 is 14.9 Å². The van der Waals surface area contributed by atoms with E-state index in [-0.39, 0.29) is 35.4 Å². The standard InChI is InChI=1S/C33H45N5O5S/c1-6-8-16-36(17-9-7-2)33(41)30-18-24(5)38(34-30)31-15-14-27(35-44(42,43)23(3)4)20-29(31)32(40)37-21-26-13-11-10-12-25(26)19-28(37)22-39/h10-15,18,20,23,28,35,39H,6-9,16-17,19,21-22H2,1-5H3. The molecule has 2 heterocycles. The topological polar surface area (TPSA) is 125 Å². The lowest BCUT2D eigenvalue weighted by Crippen LogP contribution is -2.46. The molecule has 11 heteroatoms. The first-order chi connectivity index (χ1) is 21.0. The third-order valence-electron chi connectivity index (χ3n) is 8.12. The highest BCUT2D eigenvalue weighted by atomic mass is 32.2. The van der Waals surface area contributed by atoms with Gasteiger partial charge in [0.15, 0.2) is 5.69 Å². The number of aromatic nitrogens is 2. The van der Waals surface area contributed by atoms with Crippen molar-refractivity contribution < 1.29 is 23.1 Å². The number of anilines is 1. The Kier molecular flexibility index (Phi) is 10.9. The molecule has 2 aromatic carbocycles. The normalized spacial score (nSPS) is 14.9. The highest BCUT2D eigenvalue weighted by Gasteiger charge is 2.32. The third kappa shape index (κ3) is 7.32. The largest absolute Gasteiger partial charge is 0.394 e. The number of aliphatic hydroxyl groups is 1. The van der Waals surface area contributed by atoms with E-state index in [1.807, 2.05) is 36.1 Å². The number of hydrogen-bond acceptors (Lipinski definition) is 6. The van der Waals surface area contributed by atoms with Crippen molar-refractivity contribution in [1.82, 2.24) is 19.6 Å². The molecule has 2 N–H and O–H groups in total.